The maximum atomic E-state index is 9.82. The summed E-state index contributed by atoms with van der Waals surface area (Å²) in [6, 6.07) is 13.1. The number of halogens is 2. The molecule has 1 N–H and O–H groups in total. The average Bonchev–Trinajstić information content (AvgIpc) is 2.31. The van der Waals surface area contributed by atoms with Crippen molar-refractivity contribution in [2.45, 2.75) is 6.42 Å². The van der Waals surface area contributed by atoms with Crippen molar-refractivity contribution in [2.75, 3.05) is 0 Å². The lowest BCUT2D eigenvalue weighted by atomic mass is 10.0. The zero-order valence-corrected chi connectivity index (χ0v) is 9.96. The lowest BCUT2D eigenvalue weighted by molar-refractivity contribution is 0.470. The molecule has 0 aliphatic rings. The maximum Gasteiger partial charge on any atom is 0.139 e. The van der Waals surface area contributed by atoms with Crippen LogP contribution in [0.15, 0.2) is 42.5 Å². The van der Waals surface area contributed by atoms with Crippen LogP contribution in [0.5, 0.6) is 5.75 Å². The number of phenols is 1. The van der Waals surface area contributed by atoms with E-state index in [-0.39, 0.29) is 5.75 Å². The quantitative estimate of drug-likeness (QED) is 0.846. The lowest BCUT2D eigenvalue weighted by Crippen LogP contribution is -1.90. The zero-order valence-electron chi connectivity index (χ0n) is 8.45. The molecular formula is C13H10Cl2O. The highest BCUT2D eigenvalue weighted by Gasteiger charge is 2.10. The molecule has 2 rings (SSSR count). The van der Waals surface area contributed by atoms with Crippen LogP contribution in [0.1, 0.15) is 11.1 Å². The topological polar surface area (TPSA) is 20.2 Å². The summed E-state index contributed by atoms with van der Waals surface area (Å²) in [4.78, 5) is 0. The van der Waals surface area contributed by atoms with E-state index in [4.69, 9.17) is 23.2 Å². The van der Waals surface area contributed by atoms with Crippen LogP contribution in [0.4, 0.5) is 0 Å². The third kappa shape index (κ3) is 2.31. The molecule has 0 aromatic heterocycles. The van der Waals surface area contributed by atoms with Gasteiger partial charge in [0.1, 0.15) is 5.75 Å². The van der Waals surface area contributed by atoms with Crippen molar-refractivity contribution >= 4 is 23.2 Å². The Labute approximate surface area is 104 Å². The van der Waals surface area contributed by atoms with Crippen LogP contribution < -0.4 is 0 Å². The van der Waals surface area contributed by atoms with Gasteiger partial charge in [-0.3, -0.25) is 0 Å². The van der Waals surface area contributed by atoms with Gasteiger partial charge in [0.15, 0.2) is 0 Å². The molecule has 1 nitrogen and oxygen atoms in total. The second kappa shape index (κ2) is 4.77. The molecule has 3 heteroatoms. The van der Waals surface area contributed by atoms with E-state index in [1.165, 1.54) is 0 Å². The zero-order chi connectivity index (χ0) is 11.5. The Kier molecular flexibility index (Phi) is 3.37. The van der Waals surface area contributed by atoms with Crippen LogP contribution in [0, 0.1) is 0 Å². The molecule has 0 aliphatic heterocycles. The number of rotatable bonds is 2. The number of aromatic hydroxyl groups is 1. The monoisotopic (exact) mass is 252 g/mol. The molecule has 0 spiro atoms. The van der Waals surface area contributed by atoms with Crippen LogP contribution in [0.25, 0.3) is 0 Å². The molecule has 2 aromatic carbocycles. The fraction of sp³-hybridized carbons (Fsp3) is 0.0769. The Morgan fingerprint density at radius 2 is 1.50 bits per heavy atom. The van der Waals surface area contributed by atoms with Crippen molar-refractivity contribution in [1.82, 2.24) is 0 Å². The normalized spacial score (nSPS) is 10.4. The number of benzene rings is 2. The van der Waals surface area contributed by atoms with Crippen LogP contribution in [0.3, 0.4) is 0 Å². The van der Waals surface area contributed by atoms with Crippen LogP contribution in [-0.2, 0) is 6.42 Å². The Balaban J connectivity index is 2.38. The highest BCUT2D eigenvalue weighted by Crippen LogP contribution is 2.34. The van der Waals surface area contributed by atoms with E-state index in [0.29, 0.717) is 22.0 Å². The summed E-state index contributed by atoms with van der Waals surface area (Å²) in [7, 11) is 0. The molecule has 0 radical (unpaired) electrons. The minimum absolute atomic E-state index is 0.0676. The molecular weight excluding hydrogens is 243 g/mol. The Hall–Kier alpha value is -1.18. The van der Waals surface area contributed by atoms with E-state index in [1.807, 2.05) is 30.3 Å². The van der Waals surface area contributed by atoms with Gasteiger partial charge < -0.3 is 5.11 Å². The van der Waals surface area contributed by atoms with Crippen LogP contribution >= 0.6 is 23.2 Å². The van der Waals surface area contributed by atoms with E-state index in [1.54, 1.807) is 12.1 Å². The van der Waals surface area contributed by atoms with Gasteiger partial charge >= 0.3 is 0 Å². The molecule has 0 fully saturated rings. The second-order valence-electron chi connectivity index (χ2n) is 3.52. The second-order valence-corrected chi connectivity index (χ2v) is 4.33. The minimum atomic E-state index is 0.0676. The van der Waals surface area contributed by atoms with Crippen molar-refractivity contribution in [2.24, 2.45) is 0 Å². The molecule has 0 bridgehead atoms. The highest BCUT2D eigenvalue weighted by molar-refractivity contribution is 6.34. The van der Waals surface area contributed by atoms with Crippen LogP contribution in [-0.4, -0.2) is 5.11 Å². The molecule has 82 valence electrons. The summed E-state index contributed by atoms with van der Waals surface area (Å²) in [5.41, 5.74) is 1.75. The van der Waals surface area contributed by atoms with Gasteiger partial charge in [0.05, 0.1) is 5.02 Å². The molecule has 0 atom stereocenters. The fourth-order valence-electron chi connectivity index (χ4n) is 1.55. The first-order chi connectivity index (χ1) is 7.68. The van der Waals surface area contributed by atoms with Crippen LogP contribution in [0.2, 0.25) is 10.0 Å². The lowest BCUT2D eigenvalue weighted by Gasteiger charge is -2.08. The molecule has 0 saturated heterocycles. The van der Waals surface area contributed by atoms with E-state index >= 15 is 0 Å². The first-order valence-corrected chi connectivity index (χ1v) is 5.64. The molecule has 16 heavy (non-hydrogen) atoms. The SMILES string of the molecule is Oc1c(Cl)ccc(Cl)c1Cc1ccccc1. The highest BCUT2D eigenvalue weighted by atomic mass is 35.5. The van der Waals surface area contributed by atoms with Gasteiger partial charge in [-0.1, -0.05) is 53.5 Å². The van der Waals surface area contributed by atoms with Gasteiger partial charge in [0.25, 0.3) is 0 Å². The summed E-state index contributed by atoms with van der Waals surface area (Å²) < 4.78 is 0. The third-order valence-electron chi connectivity index (χ3n) is 2.40. The van der Waals surface area contributed by atoms with Gasteiger partial charge in [-0.2, -0.15) is 0 Å². The summed E-state index contributed by atoms with van der Waals surface area (Å²) in [6.07, 6.45) is 0.575. The summed E-state index contributed by atoms with van der Waals surface area (Å²) >= 11 is 11.9. The predicted molar refractivity (Wildman–Crippen MR) is 67.4 cm³/mol. The number of phenolic OH excluding ortho intramolecular Hbond substituents is 1. The smallest absolute Gasteiger partial charge is 0.139 e. The Bertz CT molecular complexity index is 495. The standard InChI is InChI=1S/C13H10Cl2O/c14-11-6-7-12(15)13(16)10(11)8-9-4-2-1-3-5-9/h1-7,16H,8H2. The number of hydrogen-bond donors (Lipinski definition) is 1. The van der Waals surface area contributed by atoms with Gasteiger partial charge in [-0.25, -0.2) is 0 Å². The summed E-state index contributed by atoms with van der Waals surface area (Å²) in [6.45, 7) is 0. The largest absolute Gasteiger partial charge is 0.506 e. The summed E-state index contributed by atoms with van der Waals surface area (Å²) in [5.74, 6) is 0.0676. The summed E-state index contributed by atoms with van der Waals surface area (Å²) in [5, 5.41) is 10.7. The van der Waals surface area contributed by atoms with Gasteiger partial charge in [-0.15, -0.1) is 0 Å². The van der Waals surface area contributed by atoms with Gasteiger partial charge in [0, 0.05) is 17.0 Å². The van der Waals surface area contributed by atoms with E-state index in [2.05, 4.69) is 0 Å². The Morgan fingerprint density at radius 3 is 2.19 bits per heavy atom. The fourth-order valence-corrected chi connectivity index (χ4v) is 1.95. The predicted octanol–water partition coefficient (Wildman–Crippen LogP) is 4.29. The first-order valence-electron chi connectivity index (χ1n) is 4.88. The first kappa shape index (κ1) is 11.3. The molecule has 0 amide bonds. The molecule has 0 aliphatic carbocycles. The van der Waals surface area contributed by atoms with E-state index in [0.717, 1.165) is 5.56 Å². The molecule has 0 unspecified atom stereocenters. The van der Waals surface area contributed by atoms with Crippen molar-refractivity contribution in [3.05, 3.63) is 63.6 Å². The van der Waals surface area contributed by atoms with E-state index in [9.17, 15) is 5.11 Å². The average molecular weight is 253 g/mol. The van der Waals surface area contributed by atoms with Gasteiger partial charge in [-0.05, 0) is 17.7 Å². The Morgan fingerprint density at radius 1 is 0.875 bits per heavy atom. The minimum Gasteiger partial charge on any atom is -0.506 e. The van der Waals surface area contributed by atoms with Crippen molar-refractivity contribution in [3.63, 3.8) is 0 Å². The van der Waals surface area contributed by atoms with E-state index < -0.39 is 0 Å². The van der Waals surface area contributed by atoms with Crippen molar-refractivity contribution < 1.29 is 5.11 Å². The van der Waals surface area contributed by atoms with Crippen molar-refractivity contribution in [3.8, 4) is 5.75 Å². The van der Waals surface area contributed by atoms with Gasteiger partial charge in [0.2, 0.25) is 0 Å². The number of hydrogen-bond acceptors (Lipinski definition) is 1. The molecule has 0 saturated carbocycles. The molecule has 2 aromatic rings. The maximum absolute atomic E-state index is 9.82. The van der Waals surface area contributed by atoms with Crippen molar-refractivity contribution in [1.29, 1.82) is 0 Å². The molecule has 0 heterocycles. The third-order valence-corrected chi connectivity index (χ3v) is 3.06.